The molecular weight excluding hydrogens is 450 g/mol. The van der Waals surface area contributed by atoms with E-state index in [0.717, 1.165) is 27.8 Å². The molecule has 5 aromatic carbocycles. The monoisotopic (exact) mass is 475 g/mol. The first-order valence-corrected chi connectivity index (χ1v) is 12.5. The van der Waals surface area contributed by atoms with Crippen molar-refractivity contribution in [1.29, 1.82) is 5.26 Å². The Morgan fingerprint density at radius 1 is 0.622 bits per heavy atom. The predicted octanol–water partition coefficient (Wildman–Crippen LogP) is 7.66. The van der Waals surface area contributed by atoms with Crippen LogP contribution in [0.25, 0.3) is 0 Å². The molecule has 0 bridgehead atoms. The second-order valence-corrected chi connectivity index (χ2v) is 9.55. The molecule has 0 saturated heterocycles. The van der Waals surface area contributed by atoms with Gasteiger partial charge >= 0.3 is 0 Å². The van der Waals surface area contributed by atoms with E-state index in [1.807, 2.05) is 72.8 Å². The summed E-state index contributed by atoms with van der Waals surface area (Å²) in [5.41, 5.74) is 6.25. The number of hydrogen-bond acceptors (Lipinski definition) is 2. The summed E-state index contributed by atoms with van der Waals surface area (Å²) in [5, 5.41) is 9.48. The topological polar surface area (TPSA) is 40.9 Å². The van der Waals surface area contributed by atoms with Gasteiger partial charge in [0, 0.05) is 11.5 Å². The molecule has 2 atom stereocenters. The van der Waals surface area contributed by atoms with Crippen LogP contribution in [0.15, 0.2) is 140 Å². The van der Waals surface area contributed by atoms with Gasteiger partial charge in [-0.2, -0.15) is 5.26 Å². The molecule has 2 unspecified atom stereocenters. The van der Waals surface area contributed by atoms with Crippen LogP contribution in [-0.4, -0.2) is 5.78 Å². The third kappa shape index (κ3) is 3.60. The molecule has 37 heavy (non-hydrogen) atoms. The molecule has 0 radical (unpaired) electrons. The normalized spacial score (nSPS) is 17.5. The fraction of sp³-hybridized carbons (Fsp3) is 0.0857. The number of carbonyl (C=O) groups is 1. The molecule has 1 aliphatic carbocycles. The molecule has 0 fully saturated rings. The summed E-state index contributed by atoms with van der Waals surface area (Å²) < 4.78 is 0. The number of benzene rings is 5. The van der Waals surface area contributed by atoms with Crippen LogP contribution in [0.4, 0.5) is 0 Å². The molecule has 2 nitrogen and oxygen atoms in total. The van der Waals surface area contributed by atoms with Gasteiger partial charge < -0.3 is 0 Å². The van der Waals surface area contributed by atoms with E-state index in [4.69, 9.17) is 0 Å². The molecule has 2 heteroatoms. The van der Waals surface area contributed by atoms with E-state index in [2.05, 4.69) is 72.8 Å². The molecule has 1 aliphatic rings. The van der Waals surface area contributed by atoms with Crippen molar-refractivity contribution in [3.63, 3.8) is 0 Å². The molecule has 6 rings (SSSR count). The minimum absolute atomic E-state index is 0.108. The smallest absolute Gasteiger partial charge is 0.170 e. The van der Waals surface area contributed by atoms with Gasteiger partial charge in [0.1, 0.15) is 0 Å². The molecular formula is C35H25NO. The average Bonchev–Trinajstić information content (AvgIpc) is 3.30. The lowest BCUT2D eigenvalue weighted by molar-refractivity contribution is 0.0945. The first kappa shape index (κ1) is 22.7. The third-order valence-corrected chi connectivity index (χ3v) is 7.72. The van der Waals surface area contributed by atoms with Gasteiger partial charge in [-0.05, 0) is 39.9 Å². The first-order valence-electron chi connectivity index (χ1n) is 12.5. The molecule has 0 aliphatic heterocycles. The van der Waals surface area contributed by atoms with Gasteiger partial charge in [0.25, 0.3) is 0 Å². The zero-order valence-corrected chi connectivity index (χ0v) is 20.3. The second-order valence-electron chi connectivity index (χ2n) is 9.55. The van der Waals surface area contributed by atoms with Crippen LogP contribution in [0.3, 0.4) is 0 Å². The van der Waals surface area contributed by atoms with Crippen molar-refractivity contribution in [1.82, 2.24) is 0 Å². The highest BCUT2D eigenvalue weighted by molar-refractivity contribution is 6.03. The van der Waals surface area contributed by atoms with Gasteiger partial charge in [0.15, 0.2) is 5.78 Å². The average molecular weight is 476 g/mol. The van der Waals surface area contributed by atoms with Gasteiger partial charge in [-0.3, -0.25) is 4.79 Å². The Labute approximate surface area is 217 Å². The number of Topliss-reactive ketones (excluding diaryl/α,β-unsaturated/α-hetero) is 1. The van der Waals surface area contributed by atoms with E-state index >= 15 is 0 Å². The number of carbonyl (C=O) groups excluding carboxylic acids is 1. The highest BCUT2D eigenvalue weighted by Crippen LogP contribution is 2.62. The Bertz CT molecular complexity index is 1540. The minimum Gasteiger partial charge on any atom is -0.293 e. The van der Waals surface area contributed by atoms with Crippen molar-refractivity contribution in [3.8, 4) is 6.07 Å². The molecule has 0 heterocycles. The van der Waals surface area contributed by atoms with Crippen LogP contribution in [0.1, 0.15) is 55.6 Å². The van der Waals surface area contributed by atoms with Crippen LogP contribution in [-0.2, 0) is 5.41 Å². The molecule has 0 spiro atoms. The van der Waals surface area contributed by atoms with E-state index in [-0.39, 0.29) is 11.7 Å². The maximum absolute atomic E-state index is 14.4. The largest absolute Gasteiger partial charge is 0.293 e. The zero-order valence-electron chi connectivity index (χ0n) is 20.3. The maximum atomic E-state index is 14.4. The molecule has 0 aromatic heterocycles. The summed E-state index contributed by atoms with van der Waals surface area (Å²) in [6.45, 7) is 0. The number of rotatable bonds is 5. The number of fused-ring (bicyclic) bond motifs is 1. The molecule has 176 valence electrons. The quantitative estimate of drug-likeness (QED) is 0.245. The lowest BCUT2D eigenvalue weighted by Crippen LogP contribution is -2.35. The van der Waals surface area contributed by atoms with Crippen molar-refractivity contribution < 1.29 is 4.79 Å². The van der Waals surface area contributed by atoms with E-state index in [9.17, 15) is 10.1 Å². The molecule has 0 saturated carbocycles. The summed E-state index contributed by atoms with van der Waals surface area (Å²) in [6.07, 6.45) is 0. The summed E-state index contributed by atoms with van der Waals surface area (Å²) in [7, 11) is 0. The Kier molecular flexibility index (Phi) is 5.75. The Hall–Kier alpha value is -4.74. The Morgan fingerprint density at radius 2 is 1.14 bits per heavy atom. The van der Waals surface area contributed by atoms with Gasteiger partial charge in [0.05, 0.1) is 23.0 Å². The summed E-state index contributed by atoms with van der Waals surface area (Å²) in [5.74, 6) is -0.502. The van der Waals surface area contributed by atoms with Gasteiger partial charge in [0.2, 0.25) is 0 Å². The Balaban J connectivity index is 1.72. The lowest BCUT2D eigenvalue weighted by Gasteiger charge is -2.40. The van der Waals surface area contributed by atoms with Gasteiger partial charge in [-0.15, -0.1) is 0 Å². The summed E-state index contributed by atoms with van der Waals surface area (Å²) >= 11 is 0. The zero-order chi connectivity index (χ0) is 25.2. The molecule has 0 amide bonds. The predicted molar refractivity (Wildman–Crippen MR) is 147 cm³/mol. The van der Waals surface area contributed by atoms with E-state index in [1.165, 1.54) is 0 Å². The standard InChI is InChI=1S/C35H25NO/c36-24-25-20-22-26(23-21-25)33-32(34(37)27-12-4-1-5-13-27)30-18-10-11-19-31(30)35(33,28-14-6-2-7-15-28)29-16-8-3-9-17-29/h1-23,32-33H. The van der Waals surface area contributed by atoms with Crippen LogP contribution in [0.5, 0.6) is 0 Å². The van der Waals surface area contributed by atoms with E-state index in [1.54, 1.807) is 0 Å². The van der Waals surface area contributed by atoms with Crippen LogP contribution in [0, 0.1) is 11.3 Å². The second kappa shape index (κ2) is 9.37. The van der Waals surface area contributed by atoms with Crippen molar-refractivity contribution in [2.24, 2.45) is 0 Å². The molecule has 0 N–H and O–H groups in total. The highest BCUT2D eigenvalue weighted by Gasteiger charge is 2.56. The van der Waals surface area contributed by atoms with Crippen LogP contribution < -0.4 is 0 Å². The number of nitriles is 1. The van der Waals surface area contributed by atoms with E-state index in [0.29, 0.717) is 11.1 Å². The third-order valence-electron chi connectivity index (χ3n) is 7.72. The van der Waals surface area contributed by atoms with Crippen molar-refractivity contribution >= 4 is 5.78 Å². The summed E-state index contributed by atoms with van der Waals surface area (Å²) in [6, 6.07) is 49.1. The number of hydrogen-bond donors (Lipinski definition) is 0. The lowest BCUT2D eigenvalue weighted by atomic mass is 9.61. The number of ketones is 1. The Morgan fingerprint density at radius 3 is 1.70 bits per heavy atom. The van der Waals surface area contributed by atoms with Crippen LogP contribution >= 0.6 is 0 Å². The van der Waals surface area contributed by atoms with Crippen LogP contribution in [0.2, 0.25) is 0 Å². The SMILES string of the molecule is N#Cc1ccc(C2C(C(=O)c3ccccc3)c3ccccc3C2(c2ccccc2)c2ccccc2)cc1. The molecule has 5 aromatic rings. The highest BCUT2D eigenvalue weighted by atomic mass is 16.1. The fourth-order valence-electron chi connectivity index (χ4n) is 6.25. The van der Waals surface area contributed by atoms with Crippen molar-refractivity contribution in [2.75, 3.05) is 0 Å². The number of nitrogens with zero attached hydrogens (tertiary/aromatic N) is 1. The summed E-state index contributed by atoms with van der Waals surface area (Å²) in [4.78, 5) is 14.4. The maximum Gasteiger partial charge on any atom is 0.170 e. The van der Waals surface area contributed by atoms with Crippen molar-refractivity contribution in [2.45, 2.75) is 17.3 Å². The van der Waals surface area contributed by atoms with E-state index < -0.39 is 11.3 Å². The van der Waals surface area contributed by atoms with Crippen molar-refractivity contribution in [3.05, 3.63) is 178 Å². The minimum atomic E-state index is -0.595. The first-order chi connectivity index (χ1) is 18.2. The fourth-order valence-corrected chi connectivity index (χ4v) is 6.25. The van der Waals surface area contributed by atoms with Gasteiger partial charge in [-0.1, -0.05) is 127 Å². The van der Waals surface area contributed by atoms with Gasteiger partial charge in [-0.25, -0.2) is 0 Å².